The molecule has 0 fully saturated rings. The predicted molar refractivity (Wildman–Crippen MR) is 84.4 cm³/mol. The average Bonchev–Trinajstić information content (AvgIpc) is 2.53. The molecule has 0 aliphatic carbocycles. The van der Waals surface area contributed by atoms with Gasteiger partial charge in [0.05, 0.1) is 23.2 Å². The molecule has 0 bridgehead atoms. The summed E-state index contributed by atoms with van der Waals surface area (Å²) >= 11 is 1.46. The average molecular weight is 321 g/mol. The van der Waals surface area contributed by atoms with Crippen molar-refractivity contribution in [1.82, 2.24) is 15.6 Å². The predicted octanol–water partition coefficient (Wildman–Crippen LogP) is 2.08. The Morgan fingerprint density at radius 2 is 2.23 bits per heavy atom. The fraction of sp³-hybridized carbons (Fsp3) is 0.400. The van der Waals surface area contributed by atoms with Crippen molar-refractivity contribution in [1.29, 1.82) is 0 Å². The van der Waals surface area contributed by atoms with Gasteiger partial charge in [-0.15, -0.1) is 11.8 Å². The van der Waals surface area contributed by atoms with Crippen LogP contribution in [0.1, 0.15) is 20.3 Å². The van der Waals surface area contributed by atoms with Gasteiger partial charge in [0.1, 0.15) is 0 Å². The molecule has 6 nitrogen and oxygen atoms in total. The first-order chi connectivity index (χ1) is 10.7. The van der Waals surface area contributed by atoms with E-state index < -0.39 is 5.97 Å². The highest BCUT2D eigenvalue weighted by molar-refractivity contribution is 7.99. The van der Waals surface area contributed by atoms with Crippen LogP contribution < -0.4 is 10.6 Å². The minimum absolute atomic E-state index is 0.295. The van der Waals surface area contributed by atoms with Crippen molar-refractivity contribution in [2.45, 2.75) is 31.3 Å². The topological polar surface area (TPSA) is 80.3 Å². The van der Waals surface area contributed by atoms with E-state index in [1.807, 2.05) is 25.1 Å². The summed E-state index contributed by atoms with van der Waals surface area (Å²) < 4.78 is 5.12. The second kappa shape index (κ2) is 7.84. The van der Waals surface area contributed by atoms with Crippen molar-refractivity contribution >= 4 is 23.8 Å². The molecule has 118 valence electrons. The van der Waals surface area contributed by atoms with Crippen LogP contribution in [0.15, 0.2) is 40.7 Å². The molecule has 22 heavy (non-hydrogen) atoms. The number of carbonyl (C=O) groups excluding carboxylic acids is 2. The number of urea groups is 1. The van der Waals surface area contributed by atoms with Crippen molar-refractivity contribution < 1.29 is 14.3 Å². The number of rotatable bonds is 6. The number of pyridine rings is 1. The summed E-state index contributed by atoms with van der Waals surface area (Å²) in [6.07, 6.45) is 2.33. The number of nitrogens with zero attached hydrogens (tertiary/aromatic N) is 1. The molecule has 1 aromatic heterocycles. The second-order valence-corrected chi connectivity index (χ2v) is 5.62. The molecular formula is C15H19N3O3S. The van der Waals surface area contributed by atoms with E-state index in [0.29, 0.717) is 30.1 Å². The van der Waals surface area contributed by atoms with Gasteiger partial charge in [0.2, 0.25) is 0 Å². The molecule has 0 spiro atoms. The standard InChI is InChI=1S/C15H19N3O3S/c1-3-10-13(14(19)21-4-2)11(18-15(20)17-10)9-22-12-7-5-6-8-16-12/h5-8,10H,3-4,9H2,1-2H3,(H2,17,18,20)/t10-/m1/s1. The molecule has 1 aliphatic heterocycles. The Balaban J connectivity index is 2.23. The van der Waals surface area contributed by atoms with Gasteiger partial charge in [0, 0.05) is 17.6 Å². The van der Waals surface area contributed by atoms with E-state index in [9.17, 15) is 9.59 Å². The molecule has 0 saturated heterocycles. The molecule has 2 heterocycles. The number of nitrogens with one attached hydrogen (secondary N) is 2. The zero-order chi connectivity index (χ0) is 15.9. The monoisotopic (exact) mass is 321 g/mol. The van der Waals surface area contributed by atoms with E-state index in [1.165, 1.54) is 11.8 Å². The van der Waals surface area contributed by atoms with Gasteiger partial charge in [-0.25, -0.2) is 14.6 Å². The molecule has 0 unspecified atom stereocenters. The third kappa shape index (κ3) is 4.00. The van der Waals surface area contributed by atoms with E-state index in [1.54, 1.807) is 13.1 Å². The number of aromatic nitrogens is 1. The highest BCUT2D eigenvalue weighted by Gasteiger charge is 2.31. The lowest BCUT2D eigenvalue weighted by atomic mass is 10.0. The maximum Gasteiger partial charge on any atom is 0.337 e. The molecule has 7 heteroatoms. The van der Waals surface area contributed by atoms with Crippen molar-refractivity contribution in [3.05, 3.63) is 35.7 Å². The third-order valence-corrected chi connectivity index (χ3v) is 4.12. The first kappa shape index (κ1) is 16.4. The largest absolute Gasteiger partial charge is 0.463 e. The first-order valence-electron chi connectivity index (χ1n) is 7.17. The van der Waals surface area contributed by atoms with Crippen LogP contribution in [0.5, 0.6) is 0 Å². The second-order valence-electron chi connectivity index (χ2n) is 4.63. The smallest absolute Gasteiger partial charge is 0.337 e. The Morgan fingerprint density at radius 3 is 2.86 bits per heavy atom. The lowest BCUT2D eigenvalue weighted by Gasteiger charge is -2.28. The Morgan fingerprint density at radius 1 is 1.41 bits per heavy atom. The maximum atomic E-state index is 12.2. The lowest BCUT2D eigenvalue weighted by molar-refractivity contribution is -0.139. The Hall–Kier alpha value is -2.02. The minimum atomic E-state index is -0.390. The van der Waals surface area contributed by atoms with Crippen LogP contribution in [0.25, 0.3) is 0 Å². The van der Waals surface area contributed by atoms with Crippen molar-refractivity contribution in [2.75, 3.05) is 12.4 Å². The number of esters is 1. The number of ether oxygens (including phenoxy) is 1. The fourth-order valence-electron chi connectivity index (χ4n) is 2.15. The van der Waals surface area contributed by atoms with Crippen LogP contribution in [0.3, 0.4) is 0 Å². The number of hydrogen-bond acceptors (Lipinski definition) is 5. The maximum absolute atomic E-state index is 12.2. The Labute approximate surface area is 133 Å². The van der Waals surface area contributed by atoms with E-state index in [-0.39, 0.29) is 12.1 Å². The molecule has 1 aliphatic rings. The van der Waals surface area contributed by atoms with Gasteiger partial charge < -0.3 is 15.4 Å². The first-order valence-corrected chi connectivity index (χ1v) is 8.15. The van der Waals surface area contributed by atoms with Crippen LogP contribution in [0, 0.1) is 0 Å². The molecule has 0 aromatic carbocycles. The Kier molecular flexibility index (Phi) is 5.83. The van der Waals surface area contributed by atoms with Crippen molar-refractivity contribution in [3.63, 3.8) is 0 Å². The number of carbonyl (C=O) groups is 2. The van der Waals surface area contributed by atoms with Gasteiger partial charge in [0.25, 0.3) is 0 Å². The van der Waals surface area contributed by atoms with E-state index in [2.05, 4.69) is 15.6 Å². The fourth-order valence-corrected chi connectivity index (χ4v) is 2.98. The Bertz CT molecular complexity index is 575. The SMILES string of the molecule is CCOC(=O)C1=C(CSc2ccccn2)NC(=O)N[C@@H]1CC. The van der Waals surface area contributed by atoms with Gasteiger partial charge in [-0.05, 0) is 25.5 Å². The van der Waals surface area contributed by atoms with Gasteiger partial charge in [0.15, 0.2) is 0 Å². The van der Waals surface area contributed by atoms with E-state index in [4.69, 9.17) is 4.74 Å². The minimum Gasteiger partial charge on any atom is -0.463 e. The van der Waals surface area contributed by atoms with Crippen LogP contribution >= 0.6 is 11.8 Å². The summed E-state index contributed by atoms with van der Waals surface area (Å²) in [5.74, 6) is 0.0631. The molecule has 2 amide bonds. The molecular weight excluding hydrogens is 302 g/mol. The number of amides is 2. The highest BCUT2D eigenvalue weighted by Crippen LogP contribution is 2.23. The lowest BCUT2D eigenvalue weighted by Crippen LogP contribution is -2.50. The van der Waals surface area contributed by atoms with E-state index in [0.717, 1.165) is 5.03 Å². The third-order valence-electron chi connectivity index (χ3n) is 3.15. The van der Waals surface area contributed by atoms with Gasteiger partial charge >= 0.3 is 12.0 Å². The summed E-state index contributed by atoms with van der Waals surface area (Å²) in [6, 6.07) is 5.00. The van der Waals surface area contributed by atoms with Crippen LogP contribution in [0.4, 0.5) is 4.79 Å². The van der Waals surface area contributed by atoms with Crippen LogP contribution in [-0.4, -0.2) is 35.4 Å². The number of hydrogen-bond donors (Lipinski definition) is 2. The van der Waals surface area contributed by atoms with Crippen molar-refractivity contribution in [2.24, 2.45) is 0 Å². The molecule has 0 radical (unpaired) electrons. The van der Waals surface area contributed by atoms with E-state index >= 15 is 0 Å². The van der Waals surface area contributed by atoms with Crippen LogP contribution in [-0.2, 0) is 9.53 Å². The summed E-state index contributed by atoms with van der Waals surface area (Å²) in [4.78, 5) is 28.2. The van der Waals surface area contributed by atoms with Gasteiger partial charge in [-0.1, -0.05) is 13.0 Å². The number of thioether (sulfide) groups is 1. The highest BCUT2D eigenvalue weighted by atomic mass is 32.2. The quantitative estimate of drug-likeness (QED) is 0.619. The normalized spacial score (nSPS) is 17.7. The molecule has 2 rings (SSSR count). The van der Waals surface area contributed by atoms with Crippen molar-refractivity contribution in [3.8, 4) is 0 Å². The zero-order valence-corrected chi connectivity index (χ0v) is 13.4. The summed E-state index contributed by atoms with van der Waals surface area (Å²) in [5, 5.41) is 6.30. The molecule has 1 aromatic rings. The molecule has 0 saturated carbocycles. The van der Waals surface area contributed by atoms with Crippen LogP contribution in [0.2, 0.25) is 0 Å². The zero-order valence-electron chi connectivity index (χ0n) is 12.6. The molecule has 2 N–H and O–H groups in total. The van der Waals surface area contributed by atoms with Gasteiger partial charge in [-0.3, -0.25) is 0 Å². The summed E-state index contributed by atoms with van der Waals surface area (Å²) in [5.41, 5.74) is 1.08. The summed E-state index contributed by atoms with van der Waals surface area (Å²) in [7, 11) is 0. The van der Waals surface area contributed by atoms with Gasteiger partial charge in [-0.2, -0.15) is 0 Å². The summed E-state index contributed by atoms with van der Waals surface area (Å²) in [6.45, 7) is 3.98. The molecule has 1 atom stereocenters.